The van der Waals surface area contributed by atoms with Crippen LogP contribution in [0.5, 0.6) is 34.5 Å². The number of hydrogen-bond acceptors (Lipinski definition) is 15. The van der Waals surface area contributed by atoms with E-state index in [2.05, 4.69) is 48.9 Å². The van der Waals surface area contributed by atoms with Gasteiger partial charge in [-0.25, -0.2) is 4.79 Å². The predicted octanol–water partition coefficient (Wildman–Crippen LogP) is 4.88. The first-order valence-electron chi connectivity index (χ1n) is 20.3. The Morgan fingerprint density at radius 2 is 1.74 bits per heavy atom. The van der Waals surface area contributed by atoms with E-state index in [4.69, 9.17) is 30.5 Å². The van der Waals surface area contributed by atoms with Crippen LogP contribution in [-0.2, 0) is 27.0 Å². The molecule has 1 aromatic heterocycles. The number of benzene rings is 4. The van der Waals surface area contributed by atoms with Gasteiger partial charge in [-0.1, -0.05) is 18.2 Å². The number of hydrogen-bond donors (Lipinski definition) is 6. The van der Waals surface area contributed by atoms with Crippen LogP contribution >= 0.6 is 11.6 Å². The van der Waals surface area contributed by atoms with Gasteiger partial charge >= 0.3 is 5.97 Å². The maximum absolute atomic E-state index is 13.8. The first-order chi connectivity index (χ1) is 29.5. The molecule has 1 saturated carbocycles. The number of phenolic OH excluding ortho intramolecular Hbond substituents is 2. The lowest BCUT2D eigenvalue weighted by molar-refractivity contribution is -0.123. The van der Waals surface area contributed by atoms with E-state index >= 15 is 0 Å². The van der Waals surface area contributed by atoms with Crippen LogP contribution < -0.4 is 30.2 Å². The highest BCUT2D eigenvalue weighted by Gasteiger charge is 2.65. The number of nitrogens with one attached hydrogen (secondary N) is 3. The molecule has 16 nitrogen and oxygen atoms in total. The number of amides is 1. The van der Waals surface area contributed by atoms with Crippen molar-refractivity contribution in [3.8, 4) is 34.5 Å². The van der Waals surface area contributed by atoms with E-state index in [1.807, 2.05) is 6.07 Å². The number of fused-ring (bicyclic) bond motifs is 6. The van der Waals surface area contributed by atoms with Crippen molar-refractivity contribution in [2.24, 2.45) is 5.92 Å². The highest BCUT2D eigenvalue weighted by Crippen LogP contribution is 2.64. The minimum atomic E-state index is -1.46. The zero-order chi connectivity index (χ0) is 41.8. The standard InChI is InChI=1S/C44H40ClN7O9/c1-52-16-13-43-24-10-11-30(55)38(43)60-37-31(12-5-21(36(37)43)17-29(24)52)58-20-34(56)46-14-15-47-41-49-40(45)50-42(51-41)48-28-4-2-3-27-35(28)39(57)61-44(27)25-8-6-22(53)18-32(25)59-33-19-23(54)7-9-26(33)44/h2-9,12,18-19,24,29-30,38,53-55H,10-11,13-17,20H2,1H3,(H,46,56)(H2,47,48,49,50,51)/t24-,29+,30-,38-,43-/m0/s1. The zero-order valence-electron chi connectivity index (χ0n) is 32.8. The van der Waals surface area contributed by atoms with Gasteiger partial charge in [0.1, 0.15) is 29.1 Å². The fourth-order valence-corrected chi connectivity index (χ4v) is 11.0. The molecule has 6 aliphatic rings. The molecule has 5 atom stereocenters. The topological polar surface area (TPSA) is 210 Å². The summed E-state index contributed by atoms with van der Waals surface area (Å²) in [6.07, 6.45) is 2.64. The Morgan fingerprint density at radius 3 is 2.52 bits per heavy atom. The summed E-state index contributed by atoms with van der Waals surface area (Å²) < 4.78 is 24.9. The second-order valence-electron chi connectivity index (χ2n) is 16.5. The van der Waals surface area contributed by atoms with Crippen LogP contribution in [-0.4, -0.2) is 98.6 Å². The summed E-state index contributed by atoms with van der Waals surface area (Å²) in [7, 11) is 2.19. The quantitative estimate of drug-likeness (QED) is 0.0863. The van der Waals surface area contributed by atoms with E-state index < -0.39 is 17.7 Å². The molecule has 1 saturated heterocycles. The summed E-state index contributed by atoms with van der Waals surface area (Å²) in [4.78, 5) is 42.1. The van der Waals surface area contributed by atoms with Gasteiger partial charge in [0.2, 0.25) is 17.2 Å². The Morgan fingerprint density at radius 1 is 0.967 bits per heavy atom. The number of aromatic nitrogens is 3. The number of ether oxygens (including phenoxy) is 4. The van der Waals surface area contributed by atoms with E-state index in [0.29, 0.717) is 52.3 Å². The SMILES string of the molecule is CN1CC[C@]23c4c5ccc(OCC(=O)NCCNc6nc(Cl)nc(Nc7cccc8c7C(=O)OC87c8ccc(O)cc8Oc8cc(O)ccc87)n6)c4O[C@H]2[C@@H](O)CC[C@H]3[C@H]1C5. The molecule has 4 aromatic carbocycles. The van der Waals surface area contributed by atoms with Crippen LogP contribution in [0.1, 0.15) is 57.4 Å². The van der Waals surface area contributed by atoms with Crippen LogP contribution in [0, 0.1) is 5.92 Å². The second-order valence-corrected chi connectivity index (χ2v) is 16.8. The first-order valence-corrected chi connectivity index (χ1v) is 20.7. The van der Waals surface area contributed by atoms with Crippen LogP contribution in [0.2, 0.25) is 5.28 Å². The number of anilines is 3. The molecule has 2 bridgehead atoms. The number of rotatable bonds is 9. The van der Waals surface area contributed by atoms with Crippen LogP contribution in [0.3, 0.4) is 0 Å². The number of likely N-dealkylation sites (tertiary alicyclic amines) is 1. The maximum Gasteiger partial charge on any atom is 0.342 e. The van der Waals surface area contributed by atoms with Gasteiger partial charge < -0.3 is 55.1 Å². The Bertz CT molecular complexity index is 2630. The number of carbonyl (C=O) groups is 2. The lowest BCUT2D eigenvalue weighted by atomic mass is 9.51. The summed E-state index contributed by atoms with van der Waals surface area (Å²) in [5.41, 5.74) is 2.71. The van der Waals surface area contributed by atoms with Crippen LogP contribution in [0.4, 0.5) is 17.6 Å². The highest BCUT2D eigenvalue weighted by atomic mass is 35.5. The number of carbonyl (C=O) groups excluding carboxylic acids is 2. The molecule has 5 heterocycles. The Balaban J connectivity index is 0.763. The molecule has 312 valence electrons. The van der Waals surface area contributed by atoms with Gasteiger partial charge in [-0.2, -0.15) is 15.0 Å². The number of piperidine rings is 1. The van der Waals surface area contributed by atoms with Gasteiger partial charge in [-0.05, 0) is 98.8 Å². The molecule has 11 rings (SSSR count). The van der Waals surface area contributed by atoms with Crippen molar-refractivity contribution in [1.82, 2.24) is 25.2 Å². The lowest BCUT2D eigenvalue weighted by Gasteiger charge is -2.58. The first kappa shape index (κ1) is 37.6. The maximum atomic E-state index is 13.8. The second kappa shape index (κ2) is 13.8. The van der Waals surface area contributed by atoms with Crippen molar-refractivity contribution in [1.29, 1.82) is 0 Å². The molecular formula is C44H40ClN7O9. The smallest absolute Gasteiger partial charge is 0.342 e. The molecule has 2 fully saturated rings. The van der Waals surface area contributed by atoms with Gasteiger partial charge in [0, 0.05) is 58.9 Å². The Hall–Kier alpha value is -6.36. The Kier molecular flexibility index (Phi) is 8.54. The van der Waals surface area contributed by atoms with E-state index in [1.54, 1.807) is 30.3 Å². The molecule has 5 aromatic rings. The minimum absolute atomic E-state index is 0.0409. The van der Waals surface area contributed by atoms with E-state index in [1.165, 1.54) is 29.8 Å². The molecule has 61 heavy (non-hydrogen) atoms. The molecule has 2 spiro atoms. The average molecular weight is 846 g/mol. The van der Waals surface area contributed by atoms with Crippen LogP contribution in [0.25, 0.3) is 0 Å². The summed E-state index contributed by atoms with van der Waals surface area (Å²) in [5.74, 6) is 1.19. The summed E-state index contributed by atoms with van der Waals surface area (Å²) in [5, 5.41) is 40.5. The lowest BCUT2D eigenvalue weighted by Crippen LogP contribution is -2.66. The molecule has 1 amide bonds. The minimum Gasteiger partial charge on any atom is -0.508 e. The molecule has 0 unspecified atom stereocenters. The number of esters is 1. The van der Waals surface area contributed by atoms with Crippen LogP contribution in [0.15, 0.2) is 66.7 Å². The van der Waals surface area contributed by atoms with Crippen molar-refractivity contribution in [3.63, 3.8) is 0 Å². The number of phenols is 2. The molecule has 4 aliphatic heterocycles. The summed E-state index contributed by atoms with van der Waals surface area (Å²) in [6.45, 7) is 1.16. The van der Waals surface area contributed by atoms with Gasteiger partial charge in [-0.3, -0.25) is 4.79 Å². The number of aliphatic hydroxyl groups is 1. The fourth-order valence-electron chi connectivity index (χ4n) is 10.8. The zero-order valence-corrected chi connectivity index (χ0v) is 33.5. The normalized spacial score (nSPS) is 24.3. The molecule has 2 aliphatic carbocycles. The monoisotopic (exact) mass is 845 g/mol. The van der Waals surface area contributed by atoms with E-state index in [-0.39, 0.29) is 82.9 Å². The van der Waals surface area contributed by atoms with E-state index in [9.17, 15) is 24.9 Å². The van der Waals surface area contributed by atoms with Crippen molar-refractivity contribution in [2.75, 3.05) is 43.9 Å². The molecule has 0 radical (unpaired) electrons. The van der Waals surface area contributed by atoms with Crippen molar-refractivity contribution in [2.45, 2.75) is 54.9 Å². The van der Waals surface area contributed by atoms with Gasteiger partial charge in [0.25, 0.3) is 5.91 Å². The number of aromatic hydroxyl groups is 2. The largest absolute Gasteiger partial charge is 0.508 e. The number of nitrogens with zero attached hydrogens (tertiary/aromatic N) is 4. The number of halogens is 1. The molecule has 17 heteroatoms. The number of likely N-dealkylation sites (N-methyl/N-ethyl adjacent to an activating group) is 1. The third kappa shape index (κ3) is 5.68. The average Bonchev–Trinajstić information content (AvgIpc) is 3.74. The predicted molar refractivity (Wildman–Crippen MR) is 219 cm³/mol. The van der Waals surface area contributed by atoms with Crippen molar-refractivity contribution in [3.05, 3.63) is 105 Å². The summed E-state index contributed by atoms with van der Waals surface area (Å²) in [6, 6.07) is 18.7. The summed E-state index contributed by atoms with van der Waals surface area (Å²) >= 11 is 6.32. The fraction of sp³-hybridized carbons (Fsp3) is 0.341. The van der Waals surface area contributed by atoms with Gasteiger partial charge in [-0.15, -0.1) is 0 Å². The number of aliphatic hydroxyl groups excluding tert-OH is 1. The highest BCUT2D eigenvalue weighted by molar-refractivity contribution is 6.28. The molecule has 6 N–H and O–H groups in total. The Labute approximate surface area is 353 Å². The third-order valence-corrected chi connectivity index (χ3v) is 13.5. The third-order valence-electron chi connectivity index (χ3n) is 13.3. The van der Waals surface area contributed by atoms with Gasteiger partial charge in [0.15, 0.2) is 23.7 Å². The molecular weight excluding hydrogens is 806 g/mol. The van der Waals surface area contributed by atoms with Gasteiger partial charge in [0.05, 0.1) is 17.4 Å². The van der Waals surface area contributed by atoms with Crippen molar-refractivity contribution < 1.29 is 43.9 Å². The van der Waals surface area contributed by atoms with Crippen molar-refractivity contribution >= 4 is 41.1 Å². The van der Waals surface area contributed by atoms with E-state index in [0.717, 1.165) is 31.4 Å².